The lowest BCUT2D eigenvalue weighted by atomic mass is 10.1. The quantitative estimate of drug-likeness (QED) is 0.374. The van der Waals surface area contributed by atoms with Gasteiger partial charge in [-0.15, -0.1) is 0 Å². The number of halogens is 1. The van der Waals surface area contributed by atoms with E-state index in [1.54, 1.807) is 18.0 Å². The van der Waals surface area contributed by atoms with E-state index in [2.05, 4.69) is 21.9 Å². The van der Waals surface area contributed by atoms with Crippen LogP contribution in [0.1, 0.15) is 12.8 Å². The predicted molar refractivity (Wildman–Crippen MR) is 142 cm³/mol. The van der Waals surface area contributed by atoms with Gasteiger partial charge in [-0.3, -0.25) is 9.69 Å². The van der Waals surface area contributed by atoms with Crippen LogP contribution in [0, 0.1) is 0 Å². The van der Waals surface area contributed by atoms with Crippen molar-refractivity contribution in [2.24, 2.45) is 0 Å². The number of rotatable bonds is 7. The number of aromatic nitrogens is 3. The van der Waals surface area contributed by atoms with Gasteiger partial charge in [-0.2, -0.15) is 0 Å². The number of hydrogen-bond acceptors (Lipinski definition) is 5. The molecule has 0 radical (unpaired) electrons. The van der Waals surface area contributed by atoms with Crippen molar-refractivity contribution in [2.45, 2.75) is 18.9 Å². The smallest absolute Gasteiger partial charge is 0.250 e. The molecule has 0 aliphatic heterocycles. The zero-order valence-electron chi connectivity index (χ0n) is 19.7. The summed E-state index contributed by atoms with van der Waals surface area (Å²) in [5.74, 6) is 0.334. The van der Waals surface area contributed by atoms with Crippen LogP contribution in [0.2, 0.25) is 5.02 Å². The highest BCUT2D eigenvalue weighted by Gasteiger charge is 2.25. The van der Waals surface area contributed by atoms with Crippen LogP contribution in [0.5, 0.6) is 0 Å². The van der Waals surface area contributed by atoms with Crippen LogP contribution in [0.4, 0.5) is 11.5 Å². The molecule has 0 unspecified atom stereocenters. The Bertz CT molecular complexity index is 1410. The Kier molecular flexibility index (Phi) is 6.28. The second kappa shape index (κ2) is 9.52. The van der Waals surface area contributed by atoms with Crippen molar-refractivity contribution in [1.82, 2.24) is 19.4 Å². The number of nitrogen functional groups attached to an aromatic ring is 1. The number of nitrogens with zero attached hydrogens (tertiary/aromatic N) is 5. The molecule has 35 heavy (non-hydrogen) atoms. The molecule has 1 saturated carbocycles. The number of hydrogen-bond donors (Lipinski definition) is 1. The van der Waals surface area contributed by atoms with Gasteiger partial charge in [0.15, 0.2) is 5.65 Å². The van der Waals surface area contributed by atoms with Gasteiger partial charge in [0.25, 0.3) is 0 Å². The van der Waals surface area contributed by atoms with Crippen LogP contribution < -0.4 is 10.6 Å². The van der Waals surface area contributed by atoms with Crippen molar-refractivity contribution in [3.63, 3.8) is 0 Å². The number of carbonyl (C=O) groups excluding carboxylic acids is 1. The van der Waals surface area contributed by atoms with E-state index in [0.29, 0.717) is 22.5 Å². The number of likely N-dealkylation sites (N-methyl/N-ethyl adjacent to an activating group) is 2. The molecule has 2 aromatic carbocycles. The van der Waals surface area contributed by atoms with E-state index >= 15 is 0 Å². The predicted octanol–water partition coefficient (Wildman–Crippen LogP) is 4.94. The Labute approximate surface area is 209 Å². The average molecular weight is 487 g/mol. The molecule has 2 heterocycles. The number of anilines is 2. The van der Waals surface area contributed by atoms with Crippen molar-refractivity contribution in [2.75, 3.05) is 31.3 Å². The van der Waals surface area contributed by atoms with Gasteiger partial charge in [-0.05, 0) is 55.8 Å². The number of carbonyl (C=O) groups is 1. The van der Waals surface area contributed by atoms with Gasteiger partial charge in [0.2, 0.25) is 5.91 Å². The lowest BCUT2D eigenvalue weighted by Crippen LogP contribution is -2.25. The van der Waals surface area contributed by atoms with Gasteiger partial charge < -0.3 is 15.2 Å². The van der Waals surface area contributed by atoms with E-state index in [4.69, 9.17) is 17.3 Å². The van der Waals surface area contributed by atoms with Gasteiger partial charge in [-0.25, -0.2) is 9.97 Å². The van der Waals surface area contributed by atoms with E-state index in [1.807, 2.05) is 65.4 Å². The number of fused-ring (bicyclic) bond motifs is 1. The first-order chi connectivity index (χ1) is 16.9. The molecular weight excluding hydrogens is 460 g/mol. The molecule has 1 fully saturated rings. The van der Waals surface area contributed by atoms with Crippen molar-refractivity contribution in [3.8, 4) is 16.8 Å². The minimum absolute atomic E-state index is 0.0721. The fraction of sp³-hybridized carbons (Fsp3) is 0.222. The summed E-state index contributed by atoms with van der Waals surface area (Å²) in [6.45, 7) is 0.772. The van der Waals surface area contributed by atoms with Crippen molar-refractivity contribution >= 4 is 40.0 Å². The maximum atomic E-state index is 12.8. The molecule has 1 aliphatic rings. The molecule has 5 rings (SSSR count). The highest BCUT2D eigenvalue weighted by molar-refractivity contribution is 6.30. The Morgan fingerprint density at radius 3 is 2.69 bits per heavy atom. The van der Waals surface area contributed by atoms with E-state index in [0.717, 1.165) is 34.4 Å². The zero-order chi connectivity index (χ0) is 24.5. The molecule has 0 spiro atoms. The molecule has 1 aliphatic carbocycles. The standard InChI is InChI=1S/C27H27ClN6O/c1-32(20-12-13-20)14-4-7-24(35)33(2)21-5-3-6-22(15-21)34-16-23(18-8-10-19(28)11-9-18)25-26(29)30-17-31-27(25)34/h3-11,15-17,20H,12-14H2,1-2H3,(H2,29,30,31). The third kappa shape index (κ3) is 4.78. The molecular formula is C27H27ClN6O. The molecule has 178 valence electrons. The molecule has 2 aromatic heterocycles. The fourth-order valence-corrected chi connectivity index (χ4v) is 4.33. The number of nitrogens with two attached hydrogens (primary N) is 1. The summed E-state index contributed by atoms with van der Waals surface area (Å²) in [4.78, 5) is 25.4. The number of benzene rings is 2. The first kappa shape index (κ1) is 23.1. The van der Waals surface area contributed by atoms with E-state index in [9.17, 15) is 4.79 Å². The molecule has 0 atom stereocenters. The van der Waals surface area contributed by atoms with Crippen LogP contribution in [0.15, 0.2) is 73.2 Å². The van der Waals surface area contributed by atoms with Crippen LogP contribution in [0.3, 0.4) is 0 Å². The maximum absolute atomic E-state index is 12.8. The molecule has 7 nitrogen and oxygen atoms in total. The molecule has 1 amide bonds. The Balaban J connectivity index is 1.47. The molecule has 2 N–H and O–H groups in total. The summed E-state index contributed by atoms with van der Waals surface area (Å²) in [6, 6.07) is 16.0. The van der Waals surface area contributed by atoms with Crippen LogP contribution in [-0.4, -0.2) is 52.0 Å². The van der Waals surface area contributed by atoms with Gasteiger partial charge in [-0.1, -0.05) is 35.9 Å². The highest BCUT2D eigenvalue weighted by Crippen LogP contribution is 2.35. The van der Waals surface area contributed by atoms with E-state index in [-0.39, 0.29) is 5.91 Å². The monoisotopic (exact) mass is 486 g/mol. The summed E-state index contributed by atoms with van der Waals surface area (Å²) in [5, 5.41) is 1.43. The Hall–Kier alpha value is -3.68. The summed E-state index contributed by atoms with van der Waals surface area (Å²) in [6.07, 6.45) is 9.52. The minimum atomic E-state index is -0.0721. The van der Waals surface area contributed by atoms with Crippen LogP contribution >= 0.6 is 11.6 Å². The third-order valence-corrected chi connectivity index (χ3v) is 6.67. The lowest BCUT2D eigenvalue weighted by molar-refractivity contribution is -0.113. The second-order valence-electron chi connectivity index (χ2n) is 8.87. The first-order valence-corrected chi connectivity index (χ1v) is 11.9. The molecule has 4 aromatic rings. The highest BCUT2D eigenvalue weighted by atomic mass is 35.5. The Morgan fingerprint density at radius 2 is 1.94 bits per heavy atom. The topological polar surface area (TPSA) is 80.3 Å². The third-order valence-electron chi connectivity index (χ3n) is 6.42. The van der Waals surface area contributed by atoms with Gasteiger partial charge in [0.1, 0.15) is 12.1 Å². The maximum Gasteiger partial charge on any atom is 0.250 e. The van der Waals surface area contributed by atoms with Gasteiger partial charge >= 0.3 is 0 Å². The molecule has 0 saturated heterocycles. The number of amides is 1. The average Bonchev–Trinajstić information content (AvgIpc) is 3.65. The van der Waals surface area contributed by atoms with E-state index in [1.165, 1.54) is 19.2 Å². The minimum Gasteiger partial charge on any atom is -0.383 e. The summed E-state index contributed by atoms with van der Waals surface area (Å²) in [5.41, 5.74) is 10.5. The van der Waals surface area contributed by atoms with E-state index < -0.39 is 0 Å². The van der Waals surface area contributed by atoms with Gasteiger partial charge in [0.05, 0.1) is 5.39 Å². The van der Waals surface area contributed by atoms with Crippen LogP contribution in [-0.2, 0) is 4.79 Å². The zero-order valence-corrected chi connectivity index (χ0v) is 20.5. The van der Waals surface area contributed by atoms with Crippen LogP contribution in [0.25, 0.3) is 27.8 Å². The SMILES string of the molecule is CN(C(=O)C=CCN(C)C1CC1)c1cccc(-n2cc(-c3ccc(Cl)cc3)c3c(N)ncnc32)c1. The summed E-state index contributed by atoms with van der Waals surface area (Å²) in [7, 11) is 3.87. The van der Waals surface area contributed by atoms with Crippen molar-refractivity contribution in [1.29, 1.82) is 0 Å². The summed E-state index contributed by atoms with van der Waals surface area (Å²) >= 11 is 6.09. The normalized spacial score (nSPS) is 13.7. The lowest BCUT2D eigenvalue weighted by Gasteiger charge is -2.17. The van der Waals surface area contributed by atoms with Crippen molar-refractivity contribution in [3.05, 3.63) is 78.2 Å². The van der Waals surface area contributed by atoms with Gasteiger partial charge in [0, 0.05) is 53.9 Å². The molecule has 8 heteroatoms. The first-order valence-electron chi connectivity index (χ1n) is 11.5. The fourth-order valence-electron chi connectivity index (χ4n) is 4.21. The van der Waals surface area contributed by atoms with Crippen molar-refractivity contribution < 1.29 is 4.79 Å². The summed E-state index contributed by atoms with van der Waals surface area (Å²) < 4.78 is 1.97. The molecule has 0 bridgehead atoms. The Morgan fingerprint density at radius 1 is 1.17 bits per heavy atom. The second-order valence-corrected chi connectivity index (χ2v) is 9.30. The largest absolute Gasteiger partial charge is 0.383 e.